The van der Waals surface area contributed by atoms with Crippen LogP contribution in [0, 0.1) is 5.82 Å². The van der Waals surface area contributed by atoms with Crippen LogP contribution in [0.5, 0.6) is 0 Å². The van der Waals surface area contributed by atoms with Gasteiger partial charge in [0.2, 0.25) is 0 Å². The van der Waals surface area contributed by atoms with E-state index in [1.165, 1.54) is 12.8 Å². The Balaban J connectivity index is 1.47. The van der Waals surface area contributed by atoms with E-state index in [-0.39, 0.29) is 11.2 Å². The fourth-order valence-electron chi connectivity index (χ4n) is 3.63. The van der Waals surface area contributed by atoms with Gasteiger partial charge in [0.1, 0.15) is 5.82 Å². The van der Waals surface area contributed by atoms with Crippen molar-refractivity contribution in [3.05, 3.63) is 35.6 Å². The van der Waals surface area contributed by atoms with Gasteiger partial charge in [-0.25, -0.2) is 4.39 Å². The lowest BCUT2D eigenvalue weighted by Crippen LogP contribution is -2.45. The Hall–Kier alpha value is -1.62. The first-order chi connectivity index (χ1) is 12.1. The predicted molar refractivity (Wildman–Crippen MR) is 102 cm³/mol. The molecule has 2 aliphatic carbocycles. The summed E-state index contributed by atoms with van der Waals surface area (Å²) in [6.07, 6.45) is 4.72. The summed E-state index contributed by atoms with van der Waals surface area (Å²) in [6, 6.07) is 8.50. The first kappa shape index (κ1) is 18.2. The summed E-state index contributed by atoms with van der Waals surface area (Å²) < 4.78 is 14.1. The molecule has 0 spiro atoms. The Morgan fingerprint density at radius 2 is 2.00 bits per heavy atom. The van der Waals surface area contributed by atoms with Crippen LogP contribution in [0.2, 0.25) is 0 Å². The van der Waals surface area contributed by atoms with Crippen LogP contribution in [0.3, 0.4) is 0 Å². The van der Waals surface area contributed by atoms with E-state index in [9.17, 15) is 4.39 Å². The molecule has 0 bridgehead atoms. The summed E-state index contributed by atoms with van der Waals surface area (Å²) in [5.74, 6) is 0.712. The molecule has 0 amide bonds. The van der Waals surface area contributed by atoms with Crippen molar-refractivity contribution in [1.82, 2.24) is 15.5 Å². The molecular formula is C20H31FN4. The third kappa shape index (κ3) is 4.51. The van der Waals surface area contributed by atoms with Crippen LogP contribution < -0.4 is 10.6 Å². The average molecular weight is 346 g/mol. The van der Waals surface area contributed by atoms with Gasteiger partial charge in [-0.2, -0.15) is 0 Å². The van der Waals surface area contributed by atoms with Gasteiger partial charge in [0.05, 0.1) is 0 Å². The molecule has 138 valence electrons. The minimum atomic E-state index is -0.0956. The molecule has 2 saturated carbocycles. The molecule has 0 atom stereocenters. The summed E-state index contributed by atoms with van der Waals surface area (Å²) in [6.45, 7) is 7.15. The molecule has 0 heterocycles. The van der Waals surface area contributed by atoms with Crippen LogP contribution in [0.1, 0.15) is 45.1 Å². The van der Waals surface area contributed by atoms with Crippen molar-refractivity contribution in [2.45, 2.75) is 57.0 Å². The van der Waals surface area contributed by atoms with Crippen molar-refractivity contribution < 1.29 is 4.39 Å². The molecule has 5 heteroatoms. The van der Waals surface area contributed by atoms with Gasteiger partial charge >= 0.3 is 0 Å². The van der Waals surface area contributed by atoms with Crippen molar-refractivity contribution in [3.8, 4) is 0 Å². The van der Waals surface area contributed by atoms with E-state index in [0.29, 0.717) is 6.04 Å². The molecule has 25 heavy (non-hydrogen) atoms. The van der Waals surface area contributed by atoms with Crippen LogP contribution >= 0.6 is 0 Å². The topological polar surface area (TPSA) is 39.7 Å². The number of nitrogens with zero attached hydrogens (tertiary/aromatic N) is 2. The predicted octanol–water partition coefficient (Wildman–Crippen LogP) is 2.90. The van der Waals surface area contributed by atoms with Crippen molar-refractivity contribution in [2.75, 3.05) is 26.7 Å². The van der Waals surface area contributed by atoms with E-state index in [0.717, 1.165) is 50.0 Å². The molecule has 0 radical (unpaired) electrons. The molecule has 2 N–H and O–H groups in total. The summed E-state index contributed by atoms with van der Waals surface area (Å²) in [5, 5.41) is 6.81. The summed E-state index contributed by atoms with van der Waals surface area (Å²) in [5.41, 5.74) is 0.763. The van der Waals surface area contributed by atoms with Crippen LogP contribution in [-0.2, 0) is 5.41 Å². The fourth-order valence-corrected chi connectivity index (χ4v) is 3.63. The molecule has 0 unspecified atom stereocenters. The summed E-state index contributed by atoms with van der Waals surface area (Å²) >= 11 is 0. The molecule has 3 rings (SSSR count). The van der Waals surface area contributed by atoms with E-state index in [1.54, 1.807) is 19.2 Å². The van der Waals surface area contributed by atoms with Gasteiger partial charge in [-0.1, -0.05) is 18.2 Å². The first-order valence-electron chi connectivity index (χ1n) is 9.51. The lowest BCUT2D eigenvalue weighted by atomic mass is 9.95. The lowest BCUT2D eigenvalue weighted by molar-refractivity contribution is 0.215. The van der Waals surface area contributed by atoms with E-state index in [2.05, 4.69) is 34.4 Å². The molecule has 0 aromatic heterocycles. The van der Waals surface area contributed by atoms with Crippen LogP contribution in [-0.4, -0.2) is 49.6 Å². The van der Waals surface area contributed by atoms with Gasteiger partial charge in [0.15, 0.2) is 5.96 Å². The molecule has 2 aliphatic rings. The minimum Gasteiger partial charge on any atom is -0.356 e. The maximum atomic E-state index is 14.1. The van der Waals surface area contributed by atoms with E-state index >= 15 is 0 Å². The summed E-state index contributed by atoms with van der Waals surface area (Å²) in [4.78, 5) is 6.88. The highest BCUT2D eigenvalue weighted by Gasteiger charge is 2.45. The van der Waals surface area contributed by atoms with Crippen molar-refractivity contribution in [2.24, 2.45) is 4.99 Å². The number of aliphatic imine (C=N–C) groups is 1. The average Bonchev–Trinajstić information content (AvgIpc) is 3.49. The molecule has 0 saturated heterocycles. The molecule has 1 aromatic carbocycles. The van der Waals surface area contributed by atoms with Crippen LogP contribution in [0.25, 0.3) is 0 Å². The SMILES string of the molecule is CN=C(NCCN(C(C)C)C1CC1)NCC1(c2ccccc2F)CC1. The fraction of sp³-hybridized carbons (Fsp3) is 0.650. The number of hydrogen-bond acceptors (Lipinski definition) is 2. The second kappa shape index (κ2) is 7.73. The van der Waals surface area contributed by atoms with Crippen LogP contribution in [0.4, 0.5) is 4.39 Å². The number of nitrogens with one attached hydrogen (secondary N) is 2. The van der Waals surface area contributed by atoms with E-state index in [4.69, 9.17) is 0 Å². The smallest absolute Gasteiger partial charge is 0.191 e. The summed E-state index contributed by atoms with van der Waals surface area (Å²) in [7, 11) is 1.79. The van der Waals surface area contributed by atoms with Gasteiger partial charge in [0, 0.05) is 44.2 Å². The van der Waals surface area contributed by atoms with Crippen molar-refractivity contribution in [3.63, 3.8) is 0 Å². The zero-order valence-corrected chi connectivity index (χ0v) is 15.7. The highest BCUT2D eigenvalue weighted by Crippen LogP contribution is 2.48. The van der Waals surface area contributed by atoms with Gasteiger partial charge in [-0.15, -0.1) is 0 Å². The Morgan fingerprint density at radius 1 is 1.28 bits per heavy atom. The molecular weight excluding hydrogens is 315 g/mol. The maximum Gasteiger partial charge on any atom is 0.191 e. The third-order valence-corrected chi connectivity index (χ3v) is 5.46. The van der Waals surface area contributed by atoms with Crippen molar-refractivity contribution >= 4 is 5.96 Å². The Morgan fingerprint density at radius 3 is 2.56 bits per heavy atom. The second-order valence-electron chi connectivity index (χ2n) is 7.68. The Labute approximate surface area is 150 Å². The molecule has 2 fully saturated rings. The van der Waals surface area contributed by atoms with E-state index < -0.39 is 0 Å². The first-order valence-corrected chi connectivity index (χ1v) is 9.51. The van der Waals surface area contributed by atoms with Crippen LogP contribution in [0.15, 0.2) is 29.3 Å². The zero-order chi connectivity index (χ0) is 17.9. The number of benzene rings is 1. The third-order valence-electron chi connectivity index (χ3n) is 5.46. The van der Waals surface area contributed by atoms with Gasteiger partial charge in [-0.3, -0.25) is 9.89 Å². The minimum absolute atomic E-state index is 0.0685. The van der Waals surface area contributed by atoms with Gasteiger partial charge in [-0.05, 0) is 51.2 Å². The largest absolute Gasteiger partial charge is 0.356 e. The van der Waals surface area contributed by atoms with Crippen molar-refractivity contribution in [1.29, 1.82) is 0 Å². The van der Waals surface area contributed by atoms with Gasteiger partial charge in [0.25, 0.3) is 0 Å². The zero-order valence-electron chi connectivity index (χ0n) is 15.7. The highest BCUT2D eigenvalue weighted by atomic mass is 19.1. The Kier molecular flexibility index (Phi) is 5.62. The number of hydrogen-bond donors (Lipinski definition) is 2. The standard InChI is InChI=1S/C20H31FN4/c1-15(2)25(16-8-9-16)13-12-23-19(22-3)24-14-20(10-11-20)17-6-4-5-7-18(17)21/h4-7,15-16H,8-14H2,1-3H3,(H2,22,23,24). The number of rotatable bonds is 8. The molecule has 1 aromatic rings. The molecule has 0 aliphatic heterocycles. The number of guanidine groups is 1. The monoisotopic (exact) mass is 346 g/mol. The molecule has 4 nitrogen and oxygen atoms in total. The normalized spacial score (nSPS) is 19.4. The number of halogens is 1. The highest BCUT2D eigenvalue weighted by molar-refractivity contribution is 5.79. The van der Waals surface area contributed by atoms with Gasteiger partial charge < -0.3 is 10.6 Å². The quantitative estimate of drug-likeness (QED) is 0.562. The lowest BCUT2D eigenvalue weighted by Gasteiger charge is -2.27. The second-order valence-corrected chi connectivity index (χ2v) is 7.68. The maximum absolute atomic E-state index is 14.1. The van der Waals surface area contributed by atoms with E-state index in [1.807, 2.05) is 12.1 Å². The Bertz CT molecular complexity index is 603.